The summed E-state index contributed by atoms with van der Waals surface area (Å²) >= 11 is 0. The van der Waals surface area contributed by atoms with E-state index in [1.807, 2.05) is 0 Å². The second kappa shape index (κ2) is 3.95. The smallest absolute Gasteiger partial charge is 0.384 e. The van der Waals surface area contributed by atoms with Crippen LogP contribution in [0.2, 0.25) is 0 Å². The van der Waals surface area contributed by atoms with E-state index < -0.39 is 18.0 Å². The minimum absolute atomic E-state index is 0.249. The molecule has 0 rings (SSSR count). The van der Waals surface area contributed by atoms with Gasteiger partial charge in [0.15, 0.2) is 0 Å². The van der Waals surface area contributed by atoms with Crippen LogP contribution in [0.3, 0.4) is 0 Å². The van der Waals surface area contributed by atoms with E-state index in [0.29, 0.717) is 0 Å². The number of rotatable bonds is 3. The maximum absolute atomic E-state index is 12.1. The number of hydrogen-bond donors (Lipinski definition) is 0. The van der Waals surface area contributed by atoms with E-state index in [2.05, 4.69) is 4.74 Å². The van der Waals surface area contributed by atoms with Crippen molar-refractivity contribution in [2.24, 2.45) is 11.8 Å². The number of ether oxygens (including phenoxy) is 1. The van der Waals surface area contributed by atoms with Crippen LogP contribution in [0.1, 0.15) is 13.8 Å². The third-order valence-electron chi connectivity index (χ3n) is 1.57. The predicted molar refractivity (Wildman–Crippen MR) is 36.3 cm³/mol. The van der Waals surface area contributed by atoms with Crippen LogP contribution < -0.4 is 0 Å². The van der Waals surface area contributed by atoms with Crippen molar-refractivity contribution in [3.05, 3.63) is 0 Å². The molecule has 0 spiro atoms. The highest BCUT2D eigenvalue weighted by atomic mass is 19.4. The van der Waals surface area contributed by atoms with E-state index in [1.165, 1.54) is 21.0 Å². The van der Waals surface area contributed by atoms with Gasteiger partial charge in [-0.15, -0.1) is 0 Å². The summed E-state index contributed by atoms with van der Waals surface area (Å²) < 4.78 is 40.7. The first-order valence-electron chi connectivity index (χ1n) is 3.45. The molecule has 0 aromatic rings. The molecule has 4 heteroatoms. The van der Waals surface area contributed by atoms with Crippen molar-refractivity contribution in [3.8, 4) is 0 Å². The van der Waals surface area contributed by atoms with Crippen LogP contribution in [0.15, 0.2) is 0 Å². The zero-order chi connectivity index (χ0) is 9.07. The van der Waals surface area contributed by atoms with Gasteiger partial charge >= 0.3 is 6.18 Å². The Hall–Kier alpha value is -0.250. The quantitative estimate of drug-likeness (QED) is 0.632. The van der Waals surface area contributed by atoms with Crippen molar-refractivity contribution in [1.82, 2.24) is 0 Å². The van der Waals surface area contributed by atoms with Crippen molar-refractivity contribution in [1.29, 1.82) is 0 Å². The average Bonchev–Trinajstić information content (AvgIpc) is 1.79. The van der Waals surface area contributed by atoms with E-state index in [9.17, 15) is 13.2 Å². The van der Waals surface area contributed by atoms with Gasteiger partial charge in [-0.25, -0.2) is 0 Å². The Morgan fingerprint density at radius 2 is 1.73 bits per heavy atom. The number of hydrogen-bond acceptors (Lipinski definition) is 1. The Bertz CT molecular complexity index is 109. The molecule has 0 amide bonds. The standard InChI is InChI=1S/C7H13F3O/c1-5(2)6(4-11-3)7(8,9)10/h5-6H,4H2,1-3H3. The van der Waals surface area contributed by atoms with Gasteiger partial charge < -0.3 is 4.74 Å². The van der Waals surface area contributed by atoms with Gasteiger partial charge in [-0.1, -0.05) is 13.8 Å². The Labute approximate surface area is 64.5 Å². The van der Waals surface area contributed by atoms with Crippen LogP contribution in [0.4, 0.5) is 13.2 Å². The second-order valence-corrected chi connectivity index (χ2v) is 2.85. The van der Waals surface area contributed by atoms with Crippen LogP contribution in [-0.4, -0.2) is 19.9 Å². The molecular weight excluding hydrogens is 157 g/mol. The average molecular weight is 170 g/mol. The van der Waals surface area contributed by atoms with E-state index in [4.69, 9.17) is 0 Å². The van der Waals surface area contributed by atoms with Crippen LogP contribution in [-0.2, 0) is 4.74 Å². The van der Waals surface area contributed by atoms with Gasteiger partial charge in [-0.2, -0.15) is 13.2 Å². The first-order chi connectivity index (χ1) is 4.89. The maximum Gasteiger partial charge on any atom is 0.394 e. The van der Waals surface area contributed by atoms with E-state index in [-0.39, 0.29) is 6.61 Å². The molecule has 0 aromatic heterocycles. The largest absolute Gasteiger partial charge is 0.394 e. The van der Waals surface area contributed by atoms with Crippen molar-refractivity contribution in [2.45, 2.75) is 20.0 Å². The van der Waals surface area contributed by atoms with Crippen molar-refractivity contribution in [3.63, 3.8) is 0 Å². The van der Waals surface area contributed by atoms with Crippen molar-refractivity contribution < 1.29 is 17.9 Å². The SMILES string of the molecule is COCC(C(C)C)C(F)(F)F. The van der Waals surface area contributed by atoms with Gasteiger partial charge in [0.05, 0.1) is 12.5 Å². The first-order valence-corrected chi connectivity index (χ1v) is 3.45. The molecule has 11 heavy (non-hydrogen) atoms. The Kier molecular flexibility index (Phi) is 3.86. The topological polar surface area (TPSA) is 9.23 Å². The molecule has 0 saturated carbocycles. The Balaban J connectivity index is 4.10. The first kappa shape index (κ1) is 10.8. The van der Waals surface area contributed by atoms with Crippen molar-refractivity contribution in [2.75, 3.05) is 13.7 Å². The lowest BCUT2D eigenvalue weighted by molar-refractivity contribution is -0.197. The molecule has 0 aromatic carbocycles. The third-order valence-corrected chi connectivity index (χ3v) is 1.57. The summed E-state index contributed by atoms with van der Waals surface area (Å²) in [6.45, 7) is 2.83. The molecule has 1 atom stereocenters. The van der Waals surface area contributed by atoms with Crippen LogP contribution in [0.5, 0.6) is 0 Å². The van der Waals surface area contributed by atoms with E-state index in [0.717, 1.165) is 0 Å². The lowest BCUT2D eigenvalue weighted by atomic mass is 9.96. The molecule has 0 radical (unpaired) electrons. The summed E-state index contributed by atoms with van der Waals surface area (Å²) in [7, 11) is 1.28. The normalized spacial score (nSPS) is 15.5. The molecule has 1 nitrogen and oxygen atoms in total. The molecule has 0 N–H and O–H groups in total. The molecule has 0 aliphatic heterocycles. The molecule has 0 aliphatic rings. The lowest BCUT2D eigenvalue weighted by Crippen LogP contribution is -2.31. The maximum atomic E-state index is 12.1. The van der Waals surface area contributed by atoms with Gasteiger partial charge in [0.1, 0.15) is 0 Å². The molecule has 0 aliphatic carbocycles. The molecule has 68 valence electrons. The van der Waals surface area contributed by atoms with E-state index in [1.54, 1.807) is 0 Å². The summed E-state index contributed by atoms with van der Waals surface area (Å²) in [6, 6.07) is 0. The minimum atomic E-state index is -4.13. The number of halogens is 3. The highest BCUT2D eigenvalue weighted by molar-refractivity contribution is 4.69. The molecule has 1 unspecified atom stereocenters. The van der Waals surface area contributed by atoms with Gasteiger partial charge in [-0.3, -0.25) is 0 Å². The summed E-state index contributed by atoms with van der Waals surface area (Å²) in [4.78, 5) is 0. The van der Waals surface area contributed by atoms with Gasteiger partial charge in [0, 0.05) is 7.11 Å². The number of alkyl halides is 3. The summed E-state index contributed by atoms with van der Waals surface area (Å²) in [5.74, 6) is -1.76. The third kappa shape index (κ3) is 3.60. The molecule has 0 fully saturated rings. The van der Waals surface area contributed by atoms with Crippen LogP contribution in [0, 0.1) is 11.8 Å². The fourth-order valence-corrected chi connectivity index (χ4v) is 0.844. The van der Waals surface area contributed by atoms with Gasteiger partial charge in [0.2, 0.25) is 0 Å². The fourth-order valence-electron chi connectivity index (χ4n) is 0.844. The van der Waals surface area contributed by atoms with Gasteiger partial charge in [0.25, 0.3) is 0 Å². The highest BCUT2D eigenvalue weighted by Gasteiger charge is 2.41. The van der Waals surface area contributed by atoms with Crippen molar-refractivity contribution >= 4 is 0 Å². The lowest BCUT2D eigenvalue weighted by Gasteiger charge is -2.22. The summed E-state index contributed by atoms with van der Waals surface area (Å²) in [6.07, 6.45) is -4.13. The van der Waals surface area contributed by atoms with Gasteiger partial charge in [-0.05, 0) is 5.92 Å². The predicted octanol–water partition coefficient (Wildman–Crippen LogP) is 2.47. The highest BCUT2D eigenvalue weighted by Crippen LogP contribution is 2.31. The Morgan fingerprint density at radius 1 is 1.27 bits per heavy atom. The van der Waals surface area contributed by atoms with E-state index >= 15 is 0 Å². The molecule has 0 bridgehead atoms. The monoisotopic (exact) mass is 170 g/mol. The molecule has 0 heterocycles. The Morgan fingerprint density at radius 3 is 1.82 bits per heavy atom. The molecule has 0 saturated heterocycles. The fraction of sp³-hybridized carbons (Fsp3) is 1.00. The zero-order valence-electron chi connectivity index (χ0n) is 6.90. The molecular formula is C7H13F3O. The number of methoxy groups -OCH3 is 1. The summed E-state index contributed by atoms with van der Waals surface area (Å²) in [5, 5.41) is 0. The second-order valence-electron chi connectivity index (χ2n) is 2.85. The van der Waals surface area contributed by atoms with Crippen LogP contribution >= 0.6 is 0 Å². The minimum Gasteiger partial charge on any atom is -0.384 e. The zero-order valence-corrected chi connectivity index (χ0v) is 6.90. The van der Waals surface area contributed by atoms with Crippen LogP contribution in [0.25, 0.3) is 0 Å². The summed E-state index contributed by atoms with van der Waals surface area (Å²) in [5.41, 5.74) is 0.